The lowest BCUT2D eigenvalue weighted by Crippen LogP contribution is -2.21. The Hall–Kier alpha value is -3.31. The molecule has 1 aromatic heterocycles. The Morgan fingerprint density at radius 1 is 1.05 bits per heavy atom. The van der Waals surface area contributed by atoms with Crippen LogP contribution in [-0.2, 0) is 23.7 Å². The van der Waals surface area contributed by atoms with Crippen molar-refractivity contribution in [3.8, 4) is 0 Å². The van der Waals surface area contributed by atoms with E-state index < -0.39 is 11.4 Å². The monoisotopic (exact) mass is 513 g/mol. The predicted octanol–water partition coefficient (Wildman–Crippen LogP) is 3.23. The first kappa shape index (κ1) is 26.7. The molecule has 2 aromatic rings. The second-order valence-electron chi connectivity index (χ2n) is 8.97. The summed E-state index contributed by atoms with van der Waals surface area (Å²) >= 11 is 0. The zero-order valence-electron chi connectivity index (χ0n) is 21.0. The minimum absolute atomic E-state index is 0.00979. The van der Waals surface area contributed by atoms with Crippen molar-refractivity contribution in [2.24, 2.45) is 0 Å². The summed E-state index contributed by atoms with van der Waals surface area (Å²) in [5.74, 6) is 0.381. The second-order valence-corrected chi connectivity index (χ2v) is 8.97. The minimum Gasteiger partial charge on any atom is -0.482 e. The van der Waals surface area contributed by atoms with Gasteiger partial charge in [0.05, 0.1) is 51.8 Å². The second kappa shape index (κ2) is 12.3. The molecule has 3 N–H and O–H groups in total. The van der Waals surface area contributed by atoms with E-state index in [0.29, 0.717) is 74.6 Å². The molecule has 1 aromatic carbocycles. The number of amides is 1. The van der Waals surface area contributed by atoms with Gasteiger partial charge in [-0.3, -0.25) is 4.79 Å². The van der Waals surface area contributed by atoms with Gasteiger partial charge in [-0.15, -0.1) is 0 Å². The third kappa shape index (κ3) is 6.72. The molecule has 0 bridgehead atoms. The number of aliphatic hydroxyl groups is 1. The Balaban J connectivity index is 1.30. The van der Waals surface area contributed by atoms with Crippen molar-refractivity contribution in [2.45, 2.75) is 19.4 Å². The summed E-state index contributed by atoms with van der Waals surface area (Å²) in [6.07, 6.45) is 3.58. The number of aliphatic hydroxyl groups excluding tert-OH is 1. The molecular formula is C27H32FN3O6. The van der Waals surface area contributed by atoms with Crippen LogP contribution in [0.5, 0.6) is 0 Å². The maximum atomic E-state index is 13.9. The van der Waals surface area contributed by atoms with Gasteiger partial charge in [0.15, 0.2) is 0 Å². The van der Waals surface area contributed by atoms with E-state index in [-0.39, 0.29) is 12.5 Å². The number of nitrogens with one attached hydrogen (secondary N) is 2. The van der Waals surface area contributed by atoms with E-state index in [1.807, 2.05) is 32.1 Å². The van der Waals surface area contributed by atoms with Crippen LogP contribution in [0, 0.1) is 5.82 Å². The number of benzene rings is 1. The highest BCUT2D eigenvalue weighted by atomic mass is 19.1. The number of halogens is 1. The van der Waals surface area contributed by atoms with E-state index in [0.717, 1.165) is 11.1 Å². The van der Waals surface area contributed by atoms with Crippen molar-refractivity contribution in [1.82, 2.24) is 4.98 Å². The fourth-order valence-electron chi connectivity index (χ4n) is 4.12. The van der Waals surface area contributed by atoms with Gasteiger partial charge in [-0.25, -0.2) is 9.37 Å². The number of carbonyl (C=O) groups is 1. The molecule has 0 saturated carbocycles. The molecule has 0 saturated heterocycles. The first-order chi connectivity index (χ1) is 17.9. The summed E-state index contributed by atoms with van der Waals surface area (Å²) < 4.78 is 36.0. The van der Waals surface area contributed by atoms with Crippen LogP contribution in [0.25, 0.3) is 11.1 Å². The lowest BCUT2D eigenvalue weighted by Gasteiger charge is -2.23. The molecule has 3 heterocycles. The molecule has 2 aliphatic rings. The number of hydrogen-bond acceptors (Lipinski definition) is 8. The van der Waals surface area contributed by atoms with Gasteiger partial charge in [0.25, 0.3) is 5.91 Å². The van der Waals surface area contributed by atoms with Crippen LogP contribution < -0.4 is 10.6 Å². The number of pyridine rings is 1. The molecule has 2 aliphatic heterocycles. The van der Waals surface area contributed by atoms with Gasteiger partial charge in [-0.1, -0.05) is 0 Å². The first-order valence-electron chi connectivity index (χ1n) is 12.2. The summed E-state index contributed by atoms with van der Waals surface area (Å²) in [4.78, 5) is 17.1. The SMILES string of the molecule is CC1(C)OC(=C2C(=O)Nc3ccc(F)cc32)C=C1c1ccc(NCCOCCOCCOCCO)nc1. The highest BCUT2D eigenvalue weighted by molar-refractivity contribution is 6.32. The molecule has 0 radical (unpaired) electrons. The minimum atomic E-state index is -0.698. The molecule has 0 fully saturated rings. The lowest BCUT2D eigenvalue weighted by atomic mass is 9.93. The molecule has 198 valence electrons. The van der Waals surface area contributed by atoms with Gasteiger partial charge in [-0.05, 0) is 50.3 Å². The summed E-state index contributed by atoms with van der Waals surface area (Å²) in [7, 11) is 0. The largest absolute Gasteiger partial charge is 0.482 e. The molecule has 9 nitrogen and oxygen atoms in total. The molecule has 4 rings (SSSR count). The quantitative estimate of drug-likeness (QED) is 0.277. The molecule has 0 unspecified atom stereocenters. The normalized spacial score (nSPS) is 17.8. The lowest BCUT2D eigenvalue weighted by molar-refractivity contribution is -0.111. The highest BCUT2D eigenvalue weighted by Crippen LogP contribution is 2.44. The van der Waals surface area contributed by atoms with Crippen LogP contribution in [0.4, 0.5) is 15.9 Å². The van der Waals surface area contributed by atoms with Gasteiger partial charge in [0.2, 0.25) is 0 Å². The number of fused-ring (bicyclic) bond motifs is 1. The van der Waals surface area contributed by atoms with Crippen molar-refractivity contribution in [3.05, 3.63) is 65.3 Å². The average Bonchev–Trinajstić information content (AvgIpc) is 3.36. The number of ether oxygens (including phenoxy) is 4. The average molecular weight is 514 g/mol. The number of nitrogens with zero attached hydrogens (tertiary/aromatic N) is 1. The van der Waals surface area contributed by atoms with Crippen LogP contribution in [0.2, 0.25) is 0 Å². The van der Waals surface area contributed by atoms with Gasteiger partial charge in [-0.2, -0.15) is 0 Å². The molecular weight excluding hydrogens is 481 g/mol. The van der Waals surface area contributed by atoms with Crippen molar-refractivity contribution in [3.63, 3.8) is 0 Å². The number of anilines is 2. The van der Waals surface area contributed by atoms with Crippen LogP contribution in [0.15, 0.2) is 48.4 Å². The fourth-order valence-corrected chi connectivity index (χ4v) is 4.12. The Morgan fingerprint density at radius 2 is 1.78 bits per heavy atom. The predicted molar refractivity (Wildman–Crippen MR) is 137 cm³/mol. The van der Waals surface area contributed by atoms with Crippen LogP contribution >= 0.6 is 0 Å². The summed E-state index contributed by atoms with van der Waals surface area (Å²) in [6.45, 7) is 7.12. The fraction of sp³-hybridized carbons (Fsp3) is 0.407. The number of aromatic nitrogens is 1. The van der Waals surface area contributed by atoms with E-state index in [1.165, 1.54) is 12.1 Å². The van der Waals surface area contributed by atoms with E-state index >= 15 is 0 Å². The Bertz CT molecular complexity index is 1160. The zero-order chi connectivity index (χ0) is 26.3. The Morgan fingerprint density at radius 3 is 2.49 bits per heavy atom. The smallest absolute Gasteiger partial charge is 0.260 e. The van der Waals surface area contributed by atoms with Crippen molar-refractivity contribution in [1.29, 1.82) is 0 Å². The number of allylic oxidation sites excluding steroid dienone is 1. The Labute approximate surface area is 215 Å². The molecule has 0 spiro atoms. The molecule has 10 heteroatoms. The molecule has 37 heavy (non-hydrogen) atoms. The molecule has 1 amide bonds. The van der Waals surface area contributed by atoms with Gasteiger partial charge in [0.1, 0.15) is 23.0 Å². The number of hydrogen-bond donors (Lipinski definition) is 3. The maximum Gasteiger partial charge on any atom is 0.260 e. The molecule has 0 aliphatic carbocycles. The van der Waals surface area contributed by atoms with E-state index in [4.69, 9.17) is 24.1 Å². The van der Waals surface area contributed by atoms with Crippen LogP contribution in [0.1, 0.15) is 25.0 Å². The zero-order valence-corrected chi connectivity index (χ0v) is 21.0. The third-order valence-corrected chi connectivity index (χ3v) is 5.87. The maximum absolute atomic E-state index is 13.9. The Kier molecular flexibility index (Phi) is 8.88. The third-order valence-electron chi connectivity index (χ3n) is 5.87. The number of rotatable bonds is 13. The van der Waals surface area contributed by atoms with Gasteiger partial charge < -0.3 is 34.7 Å². The van der Waals surface area contributed by atoms with E-state index in [2.05, 4.69) is 15.6 Å². The highest BCUT2D eigenvalue weighted by Gasteiger charge is 2.38. The topological polar surface area (TPSA) is 111 Å². The van der Waals surface area contributed by atoms with Crippen molar-refractivity contribution in [2.75, 3.05) is 63.4 Å². The van der Waals surface area contributed by atoms with Crippen molar-refractivity contribution >= 4 is 28.6 Å². The first-order valence-corrected chi connectivity index (χ1v) is 12.2. The summed E-state index contributed by atoms with van der Waals surface area (Å²) in [5, 5.41) is 14.6. The molecule has 0 atom stereocenters. The van der Waals surface area contributed by atoms with Gasteiger partial charge in [0, 0.05) is 35.1 Å². The van der Waals surface area contributed by atoms with E-state index in [1.54, 1.807) is 12.3 Å². The van der Waals surface area contributed by atoms with Gasteiger partial charge >= 0.3 is 0 Å². The standard InChI is InChI=1S/C27H32FN3O6/c1-27(2)21(16-23(37-27)25-20-15-19(28)4-5-22(20)31-26(25)33)18-3-6-24(30-17-18)29-7-9-34-11-13-36-14-12-35-10-8-32/h3-6,15-17,32H,7-14H2,1-2H3,(H,29,30)(H,31,33). The number of carbonyl (C=O) groups excluding carboxylic acids is 1. The summed E-state index contributed by atoms with van der Waals surface area (Å²) in [6, 6.07) is 8.02. The summed E-state index contributed by atoms with van der Waals surface area (Å²) in [5.41, 5.74) is 2.42. The van der Waals surface area contributed by atoms with Crippen LogP contribution in [-0.4, -0.2) is 74.4 Å². The van der Waals surface area contributed by atoms with E-state index in [9.17, 15) is 9.18 Å². The van der Waals surface area contributed by atoms with Crippen molar-refractivity contribution < 1.29 is 33.2 Å². The van der Waals surface area contributed by atoms with Crippen LogP contribution in [0.3, 0.4) is 0 Å².